The Kier molecular flexibility index (Phi) is 4.07. The molecule has 120 valence electrons. The molecule has 2 heterocycles. The maximum atomic E-state index is 12.5. The number of hydrogen-bond acceptors (Lipinski definition) is 5. The van der Waals surface area contributed by atoms with Crippen LogP contribution in [0.5, 0.6) is 0 Å². The van der Waals surface area contributed by atoms with Gasteiger partial charge in [-0.15, -0.1) is 0 Å². The summed E-state index contributed by atoms with van der Waals surface area (Å²) < 4.78 is 1.37. The van der Waals surface area contributed by atoms with E-state index in [1.165, 1.54) is 10.7 Å². The van der Waals surface area contributed by atoms with Crippen LogP contribution in [0.1, 0.15) is 16.9 Å². The Morgan fingerprint density at radius 3 is 2.91 bits per heavy atom. The van der Waals surface area contributed by atoms with Crippen LogP contribution in [0.2, 0.25) is 0 Å². The van der Waals surface area contributed by atoms with Crippen molar-refractivity contribution in [2.75, 3.05) is 20.1 Å². The monoisotopic (exact) mass is 315 g/mol. The predicted octanol–water partition coefficient (Wildman–Crippen LogP) is 1.21. The highest BCUT2D eigenvalue weighted by Gasteiger charge is 2.26. The highest BCUT2D eigenvalue weighted by atomic mass is 16.6. The van der Waals surface area contributed by atoms with Gasteiger partial charge in [-0.2, -0.15) is 5.10 Å². The molecule has 1 aliphatic heterocycles. The van der Waals surface area contributed by atoms with Gasteiger partial charge < -0.3 is 10.2 Å². The van der Waals surface area contributed by atoms with Crippen molar-refractivity contribution in [1.29, 1.82) is 0 Å². The molecule has 0 saturated carbocycles. The second-order valence-corrected chi connectivity index (χ2v) is 5.45. The van der Waals surface area contributed by atoms with E-state index in [0.29, 0.717) is 5.69 Å². The molecule has 0 spiro atoms. The van der Waals surface area contributed by atoms with Crippen LogP contribution in [-0.2, 0) is 0 Å². The first-order valence-electron chi connectivity index (χ1n) is 7.35. The maximum Gasteiger partial charge on any atom is 0.294 e. The van der Waals surface area contributed by atoms with Crippen LogP contribution in [0.4, 0.5) is 5.69 Å². The first-order chi connectivity index (χ1) is 11.1. The zero-order chi connectivity index (χ0) is 16.4. The number of benzene rings is 1. The van der Waals surface area contributed by atoms with E-state index >= 15 is 0 Å². The Bertz CT molecular complexity index is 736. The lowest BCUT2D eigenvalue weighted by Crippen LogP contribution is -2.38. The molecule has 2 aromatic rings. The number of nitro benzene ring substituents is 1. The van der Waals surface area contributed by atoms with Crippen LogP contribution in [0.3, 0.4) is 0 Å². The number of nitrogens with zero attached hydrogens (tertiary/aromatic N) is 4. The normalized spacial score (nSPS) is 17.2. The predicted molar refractivity (Wildman–Crippen MR) is 83.6 cm³/mol. The highest BCUT2D eigenvalue weighted by Crippen LogP contribution is 2.22. The first-order valence-corrected chi connectivity index (χ1v) is 7.35. The lowest BCUT2D eigenvalue weighted by Gasteiger charge is -2.22. The van der Waals surface area contributed by atoms with Crippen LogP contribution < -0.4 is 5.32 Å². The molecule has 0 radical (unpaired) electrons. The smallest absolute Gasteiger partial charge is 0.294 e. The maximum absolute atomic E-state index is 12.5. The second-order valence-electron chi connectivity index (χ2n) is 5.45. The topological polar surface area (TPSA) is 93.3 Å². The molecule has 1 unspecified atom stereocenters. The number of likely N-dealkylation sites (N-methyl/N-ethyl adjacent to an activating group) is 1. The number of hydrogen-bond donors (Lipinski definition) is 1. The van der Waals surface area contributed by atoms with Crippen molar-refractivity contribution in [3.8, 4) is 5.69 Å². The van der Waals surface area contributed by atoms with Crippen molar-refractivity contribution in [3.05, 3.63) is 52.3 Å². The Balaban J connectivity index is 1.86. The number of nitro groups is 1. The van der Waals surface area contributed by atoms with Gasteiger partial charge in [0.1, 0.15) is 5.69 Å². The lowest BCUT2D eigenvalue weighted by atomic mass is 10.2. The lowest BCUT2D eigenvalue weighted by molar-refractivity contribution is -0.384. The molecule has 8 heteroatoms. The van der Waals surface area contributed by atoms with Crippen molar-refractivity contribution < 1.29 is 9.72 Å². The van der Waals surface area contributed by atoms with Gasteiger partial charge in [0.05, 0.1) is 4.92 Å². The summed E-state index contributed by atoms with van der Waals surface area (Å²) >= 11 is 0. The Hall–Kier alpha value is -2.74. The molecule has 0 aliphatic carbocycles. The number of rotatable bonds is 4. The number of nitrogens with one attached hydrogen (secondary N) is 1. The minimum Gasteiger partial charge on any atom is -0.336 e. The fourth-order valence-corrected chi connectivity index (χ4v) is 2.70. The fourth-order valence-electron chi connectivity index (χ4n) is 2.70. The van der Waals surface area contributed by atoms with Gasteiger partial charge in [-0.1, -0.05) is 12.1 Å². The molecule has 23 heavy (non-hydrogen) atoms. The van der Waals surface area contributed by atoms with Gasteiger partial charge in [0.25, 0.3) is 11.6 Å². The summed E-state index contributed by atoms with van der Waals surface area (Å²) in [7, 11) is 1.75. The van der Waals surface area contributed by atoms with Crippen molar-refractivity contribution in [2.45, 2.75) is 12.5 Å². The molecular weight excluding hydrogens is 298 g/mol. The molecule has 3 rings (SSSR count). The van der Waals surface area contributed by atoms with Crippen LogP contribution in [0, 0.1) is 10.1 Å². The largest absolute Gasteiger partial charge is 0.336 e. The van der Waals surface area contributed by atoms with E-state index in [2.05, 4.69) is 10.4 Å². The molecule has 1 amide bonds. The fraction of sp³-hybridized carbons (Fsp3) is 0.333. The molecule has 1 saturated heterocycles. The van der Waals surface area contributed by atoms with Crippen LogP contribution in [-0.4, -0.2) is 51.7 Å². The van der Waals surface area contributed by atoms with Crippen LogP contribution in [0.25, 0.3) is 5.69 Å². The van der Waals surface area contributed by atoms with E-state index in [4.69, 9.17) is 0 Å². The van der Waals surface area contributed by atoms with Gasteiger partial charge in [0.15, 0.2) is 5.69 Å². The first kappa shape index (κ1) is 15.2. The molecule has 1 aliphatic rings. The van der Waals surface area contributed by atoms with Gasteiger partial charge in [-0.3, -0.25) is 14.9 Å². The van der Waals surface area contributed by atoms with E-state index in [9.17, 15) is 14.9 Å². The van der Waals surface area contributed by atoms with Crippen LogP contribution in [0.15, 0.2) is 36.5 Å². The van der Waals surface area contributed by atoms with Crippen molar-refractivity contribution in [2.24, 2.45) is 0 Å². The molecule has 1 atom stereocenters. The molecule has 1 fully saturated rings. The number of aromatic nitrogens is 2. The molecule has 1 N–H and O–H groups in total. The number of carbonyl (C=O) groups excluding carboxylic acids is 1. The molecule has 1 aromatic heterocycles. The standard InChI is InChI=1S/C15H17N5O3/c1-18(11-6-8-16-10-11)15(21)12-7-9-19(17-12)13-4-2-3-5-14(13)20(22)23/h2-5,7,9,11,16H,6,8,10H2,1H3. The van der Waals surface area contributed by atoms with Crippen LogP contribution >= 0.6 is 0 Å². The minimum absolute atomic E-state index is 0.0528. The van der Waals surface area contributed by atoms with Crippen molar-refractivity contribution >= 4 is 11.6 Å². The summed E-state index contributed by atoms with van der Waals surface area (Å²) in [6.07, 6.45) is 2.48. The second kappa shape index (κ2) is 6.17. The summed E-state index contributed by atoms with van der Waals surface area (Å²) in [5.41, 5.74) is 0.558. The summed E-state index contributed by atoms with van der Waals surface area (Å²) in [6, 6.07) is 8.04. The third-order valence-electron chi connectivity index (χ3n) is 4.04. The van der Waals surface area contributed by atoms with Crippen molar-refractivity contribution in [3.63, 3.8) is 0 Å². The zero-order valence-corrected chi connectivity index (χ0v) is 12.7. The molecular formula is C15H17N5O3. The minimum atomic E-state index is -0.463. The quantitative estimate of drug-likeness (QED) is 0.676. The van der Waals surface area contributed by atoms with Gasteiger partial charge in [-0.25, -0.2) is 4.68 Å². The highest BCUT2D eigenvalue weighted by molar-refractivity contribution is 5.92. The van der Waals surface area contributed by atoms with E-state index < -0.39 is 4.92 Å². The Morgan fingerprint density at radius 2 is 2.22 bits per heavy atom. The SMILES string of the molecule is CN(C(=O)c1ccn(-c2ccccc2[N+](=O)[O-])n1)C1CCNC1. The molecule has 8 nitrogen and oxygen atoms in total. The van der Waals surface area contributed by atoms with E-state index in [0.717, 1.165) is 19.5 Å². The van der Waals surface area contributed by atoms with Gasteiger partial charge in [0, 0.05) is 31.9 Å². The third kappa shape index (κ3) is 2.93. The third-order valence-corrected chi connectivity index (χ3v) is 4.04. The van der Waals surface area contributed by atoms with Gasteiger partial charge in [-0.05, 0) is 25.1 Å². The summed E-state index contributed by atoms with van der Waals surface area (Å²) in [5.74, 6) is -0.184. The zero-order valence-electron chi connectivity index (χ0n) is 12.7. The number of amides is 1. The van der Waals surface area contributed by atoms with Gasteiger partial charge >= 0.3 is 0 Å². The summed E-state index contributed by atoms with van der Waals surface area (Å²) in [5, 5.41) is 18.5. The molecule has 1 aromatic carbocycles. The van der Waals surface area contributed by atoms with Gasteiger partial charge in [0.2, 0.25) is 0 Å². The Labute approximate surface area is 132 Å². The average Bonchev–Trinajstić information content (AvgIpc) is 3.25. The average molecular weight is 315 g/mol. The Morgan fingerprint density at radius 1 is 1.43 bits per heavy atom. The van der Waals surface area contributed by atoms with E-state index in [-0.39, 0.29) is 23.3 Å². The number of para-hydroxylation sites is 2. The van der Waals surface area contributed by atoms with Crippen molar-refractivity contribution in [1.82, 2.24) is 20.0 Å². The molecule has 0 bridgehead atoms. The van der Waals surface area contributed by atoms with E-state index in [1.54, 1.807) is 42.4 Å². The van der Waals surface area contributed by atoms with E-state index in [1.807, 2.05) is 0 Å². The summed E-state index contributed by atoms with van der Waals surface area (Å²) in [4.78, 5) is 24.8. The summed E-state index contributed by atoms with van der Waals surface area (Å²) in [6.45, 7) is 1.67. The number of carbonyl (C=O) groups is 1.